The summed E-state index contributed by atoms with van der Waals surface area (Å²) in [5, 5.41) is 6.38. The van der Waals surface area contributed by atoms with E-state index in [4.69, 9.17) is 0 Å². The third kappa shape index (κ3) is 3.06. The molecule has 1 aromatic rings. The van der Waals surface area contributed by atoms with E-state index in [2.05, 4.69) is 30.5 Å². The maximum atomic E-state index is 12.2. The number of carbonyl (C=O) groups excluding carboxylic acids is 1. The molecule has 98 valence electrons. The molecule has 2 N–H and O–H groups in total. The van der Waals surface area contributed by atoms with Crippen molar-refractivity contribution in [2.45, 2.75) is 31.2 Å². The van der Waals surface area contributed by atoms with Gasteiger partial charge in [-0.3, -0.25) is 4.79 Å². The van der Waals surface area contributed by atoms with E-state index in [0.29, 0.717) is 0 Å². The highest BCUT2D eigenvalue weighted by Gasteiger charge is 2.29. The monoisotopic (exact) mass is 264 g/mol. The number of rotatable bonds is 4. The van der Waals surface area contributed by atoms with E-state index in [1.54, 1.807) is 11.8 Å². The minimum Gasteiger partial charge on any atom is -0.325 e. The van der Waals surface area contributed by atoms with Gasteiger partial charge in [0.1, 0.15) is 0 Å². The van der Waals surface area contributed by atoms with Crippen molar-refractivity contribution in [3.05, 3.63) is 24.3 Å². The first-order valence-electron chi connectivity index (χ1n) is 6.48. The zero-order valence-electron chi connectivity index (χ0n) is 10.9. The molecule has 3 nitrogen and oxygen atoms in total. The van der Waals surface area contributed by atoms with Gasteiger partial charge in [0.25, 0.3) is 0 Å². The Morgan fingerprint density at radius 2 is 2.28 bits per heavy atom. The van der Waals surface area contributed by atoms with Gasteiger partial charge in [0.15, 0.2) is 0 Å². The van der Waals surface area contributed by atoms with Gasteiger partial charge in [0.2, 0.25) is 5.91 Å². The van der Waals surface area contributed by atoms with Crippen LogP contribution in [0.4, 0.5) is 5.69 Å². The van der Waals surface area contributed by atoms with Gasteiger partial charge in [-0.25, -0.2) is 0 Å². The molecule has 1 aliphatic heterocycles. The molecule has 1 heterocycles. The predicted octanol–water partition coefficient (Wildman–Crippen LogP) is 2.74. The molecule has 1 fully saturated rings. The quantitative estimate of drug-likeness (QED) is 0.822. The number of nitrogens with one attached hydrogen (secondary N) is 2. The highest BCUT2D eigenvalue weighted by Crippen LogP contribution is 2.27. The zero-order chi connectivity index (χ0) is 13.0. The highest BCUT2D eigenvalue weighted by molar-refractivity contribution is 7.99. The van der Waals surface area contributed by atoms with Gasteiger partial charge in [-0.2, -0.15) is 0 Å². The Bertz CT molecular complexity index is 422. The second kappa shape index (κ2) is 6.25. The van der Waals surface area contributed by atoms with E-state index >= 15 is 0 Å². The van der Waals surface area contributed by atoms with Crippen LogP contribution >= 0.6 is 11.8 Å². The molecule has 18 heavy (non-hydrogen) atoms. The van der Waals surface area contributed by atoms with Crippen molar-refractivity contribution < 1.29 is 4.79 Å². The first-order valence-corrected chi connectivity index (χ1v) is 7.47. The van der Waals surface area contributed by atoms with E-state index in [1.807, 2.05) is 18.2 Å². The van der Waals surface area contributed by atoms with Crippen molar-refractivity contribution in [3.63, 3.8) is 0 Å². The van der Waals surface area contributed by atoms with E-state index in [-0.39, 0.29) is 17.9 Å². The first kappa shape index (κ1) is 13.4. The lowest BCUT2D eigenvalue weighted by atomic mass is 10.0. The third-order valence-electron chi connectivity index (χ3n) is 3.31. The largest absolute Gasteiger partial charge is 0.325 e. The average molecular weight is 264 g/mol. The van der Waals surface area contributed by atoms with Gasteiger partial charge in [0.05, 0.1) is 11.6 Å². The van der Waals surface area contributed by atoms with Crippen LogP contribution in [0, 0.1) is 5.92 Å². The fourth-order valence-corrected chi connectivity index (χ4v) is 3.05. The standard InChI is InChI=1S/C14H20N2OS/c1-3-18-13-7-5-4-6-12(13)16-14(17)11-8-9-15-10(11)2/h4-7,10-11,15H,3,8-9H2,1-2H3,(H,16,17). The summed E-state index contributed by atoms with van der Waals surface area (Å²) in [5.41, 5.74) is 0.938. The molecule has 2 unspecified atom stereocenters. The van der Waals surface area contributed by atoms with Crippen LogP contribution in [0.5, 0.6) is 0 Å². The number of hydrogen-bond acceptors (Lipinski definition) is 3. The van der Waals surface area contributed by atoms with Crippen LogP contribution < -0.4 is 10.6 Å². The highest BCUT2D eigenvalue weighted by atomic mass is 32.2. The Morgan fingerprint density at radius 3 is 2.94 bits per heavy atom. The Labute approximate surface area is 113 Å². The Hall–Kier alpha value is -1.00. The first-order chi connectivity index (χ1) is 8.72. The average Bonchev–Trinajstić information content (AvgIpc) is 2.78. The molecule has 1 saturated heterocycles. The fourth-order valence-electron chi connectivity index (χ4n) is 2.29. The number of carbonyl (C=O) groups is 1. The van der Waals surface area contributed by atoms with Gasteiger partial charge in [-0.15, -0.1) is 11.8 Å². The summed E-state index contributed by atoms with van der Waals surface area (Å²) >= 11 is 1.76. The normalized spacial score (nSPS) is 23.0. The number of amides is 1. The summed E-state index contributed by atoms with van der Waals surface area (Å²) < 4.78 is 0. The molecule has 2 atom stereocenters. The number of thioether (sulfide) groups is 1. The predicted molar refractivity (Wildman–Crippen MR) is 77.0 cm³/mol. The molecule has 0 radical (unpaired) electrons. The van der Waals surface area contributed by atoms with Crippen molar-refractivity contribution in [1.29, 1.82) is 0 Å². The fraction of sp³-hybridized carbons (Fsp3) is 0.500. The molecular weight excluding hydrogens is 244 g/mol. The summed E-state index contributed by atoms with van der Waals surface area (Å²) in [5.74, 6) is 1.23. The van der Waals surface area contributed by atoms with E-state index in [1.165, 1.54) is 0 Å². The van der Waals surface area contributed by atoms with Crippen molar-refractivity contribution in [1.82, 2.24) is 5.32 Å². The van der Waals surface area contributed by atoms with Crippen LogP contribution in [0.25, 0.3) is 0 Å². The second-order valence-electron chi connectivity index (χ2n) is 4.56. The summed E-state index contributed by atoms with van der Waals surface area (Å²) in [6, 6.07) is 8.28. The third-order valence-corrected chi connectivity index (χ3v) is 4.26. The Balaban J connectivity index is 2.06. The van der Waals surface area contributed by atoms with Crippen LogP contribution in [-0.4, -0.2) is 24.2 Å². The lowest BCUT2D eigenvalue weighted by molar-refractivity contribution is -0.120. The summed E-state index contributed by atoms with van der Waals surface area (Å²) in [6.45, 7) is 5.13. The van der Waals surface area contributed by atoms with Crippen LogP contribution in [-0.2, 0) is 4.79 Å². The lowest BCUT2D eigenvalue weighted by Gasteiger charge is -2.16. The maximum absolute atomic E-state index is 12.2. The van der Waals surface area contributed by atoms with E-state index in [0.717, 1.165) is 29.3 Å². The topological polar surface area (TPSA) is 41.1 Å². The smallest absolute Gasteiger partial charge is 0.229 e. The van der Waals surface area contributed by atoms with Gasteiger partial charge >= 0.3 is 0 Å². The lowest BCUT2D eigenvalue weighted by Crippen LogP contribution is -2.32. The molecule has 0 aliphatic carbocycles. The van der Waals surface area contributed by atoms with Gasteiger partial charge in [0, 0.05) is 10.9 Å². The zero-order valence-corrected chi connectivity index (χ0v) is 11.7. The number of anilines is 1. The van der Waals surface area contributed by atoms with Crippen molar-refractivity contribution >= 4 is 23.4 Å². The molecular formula is C14H20N2OS. The summed E-state index contributed by atoms with van der Waals surface area (Å²) in [4.78, 5) is 13.4. The number of benzene rings is 1. The minimum atomic E-state index is 0.0877. The Kier molecular flexibility index (Phi) is 4.66. The van der Waals surface area contributed by atoms with Crippen molar-refractivity contribution in [2.24, 2.45) is 5.92 Å². The van der Waals surface area contributed by atoms with E-state index in [9.17, 15) is 4.79 Å². The summed E-state index contributed by atoms with van der Waals surface area (Å²) in [7, 11) is 0. The van der Waals surface area contributed by atoms with Gasteiger partial charge in [-0.1, -0.05) is 19.1 Å². The molecule has 1 aromatic carbocycles. The van der Waals surface area contributed by atoms with Gasteiger partial charge < -0.3 is 10.6 Å². The van der Waals surface area contributed by atoms with Crippen molar-refractivity contribution in [2.75, 3.05) is 17.6 Å². The molecule has 1 amide bonds. The number of hydrogen-bond donors (Lipinski definition) is 2. The molecule has 2 rings (SSSR count). The van der Waals surface area contributed by atoms with Crippen LogP contribution in [0.15, 0.2) is 29.2 Å². The van der Waals surface area contributed by atoms with E-state index < -0.39 is 0 Å². The van der Waals surface area contributed by atoms with Gasteiger partial charge in [-0.05, 0) is 37.8 Å². The SMILES string of the molecule is CCSc1ccccc1NC(=O)C1CCNC1C. The molecule has 0 bridgehead atoms. The molecule has 4 heteroatoms. The minimum absolute atomic E-state index is 0.0877. The van der Waals surface area contributed by atoms with Crippen LogP contribution in [0.1, 0.15) is 20.3 Å². The molecule has 1 aliphatic rings. The molecule has 0 aromatic heterocycles. The summed E-state index contributed by atoms with van der Waals surface area (Å²) in [6.07, 6.45) is 0.927. The maximum Gasteiger partial charge on any atom is 0.229 e. The van der Waals surface area contributed by atoms with Crippen molar-refractivity contribution in [3.8, 4) is 0 Å². The van der Waals surface area contributed by atoms with Crippen LogP contribution in [0.3, 0.4) is 0 Å². The second-order valence-corrected chi connectivity index (χ2v) is 5.86. The number of para-hydroxylation sites is 1. The van der Waals surface area contributed by atoms with Crippen LogP contribution in [0.2, 0.25) is 0 Å². The molecule has 0 saturated carbocycles. The Morgan fingerprint density at radius 1 is 1.50 bits per heavy atom. The molecule has 0 spiro atoms.